The third kappa shape index (κ3) is 3.09. The highest BCUT2D eigenvalue weighted by Gasteiger charge is 2.33. The summed E-state index contributed by atoms with van der Waals surface area (Å²) < 4.78 is 37.2. The van der Waals surface area contributed by atoms with Crippen LogP contribution >= 0.6 is 11.6 Å². The predicted molar refractivity (Wildman–Crippen MR) is 53.0 cm³/mol. The maximum atomic E-state index is 12.4. The quantitative estimate of drug-likeness (QED) is 0.700. The molecule has 1 aromatic heterocycles. The van der Waals surface area contributed by atoms with Crippen LogP contribution in [0.3, 0.4) is 0 Å². The Morgan fingerprint density at radius 2 is 2.00 bits per heavy atom. The van der Waals surface area contributed by atoms with Crippen LogP contribution in [0, 0.1) is 0 Å². The summed E-state index contributed by atoms with van der Waals surface area (Å²) in [6.07, 6.45) is -3.68. The van der Waals surface area contributed by atoms with E-state index in [1.165, 1.54) is 6.07 Å². The van der Waals surface area contributed by atoms with E-state index in [9.17, 15) is 13.2 Å². The van der Waals surface area contributed by atoms with Crippen molar-refractivity contribution < 1.29 is 13.2 Å². The molecule has 0 bridgehead atoms. The Morgan fingerprint density at radius 3 is 2.47 bits per heavy atom. The van der Waals surface area contributed by atoms with Gasteiger partial charge in [-0.2, -0.15) is 13.2 Å². The van der Waals surface area contributed by atoms with Crippen LogP contribution in [0.15, 0.2) is 12.1 Å². The summed E-state index contributed by atoms with van der Waals surface area (Å²) in [5, 5.41) is -0.111. The fraction of sp³-hybridized carbons (Fsp3) is 0.500. The average Bonchev–Trinajstić information content (AvgIpc) is 2.14. The molecule has 0 fully saturated rings. The SMILES string of the molecule is CCC(C)c1cc(Cl)nc(C(F)(F)F)c1. The molecule has 0 spiro atoms. The highest BCUT2D eigenvalue weighted by atomic mass is 35.5. The van der Waals surface area contributed by atoms with Gasteiger partial charge in [0.25, 0.3) is 0 Å². The van der Waals surface area contributed by atoms with E-state index in [0.29, 0.717) is 5.56 Å². The van der Waals surface area contributed by atoms with Crippen LogP contribution in [0.25, 0.3) is 0 Å². The molecule has 1 nitrogen and oxygen atoms in total. The van der Waals surface area contributed by atoms with Crippen LogP contribution in [0.4, 0.5) is 13.2 Å². The number of hydrogen-bond donors (Lipinski definition) is 0. The highest BCUT2D eigenvalue weighted by molar-refractivity contribution is 6.29. The van der Waals surface area contributed by atoms with Crippen molar-refractivity contribution in [2.45, 2.75) is 32.4 Å². The molecule has 0 aliphatic carbocycles. The number of hydrogen-bond acceptors (Lipinski definition) is 1. The van der Waals surface area contributed by atoms with Gasteiger partial charge >= 0.3 is 6.18 Å². The molecule has 0 N–H and O–H groups in total. The monoisotopic (exact) mass is 237 g/mol. The lowest BCUT2D eigenvalue weighted by molar-refractivity contribution is -0.141. The van der Waals surface area contributed by atoms with Gasteiger partial charge in [0.05, 0.1) is 0 Å². The van der Waals surface area contributed by atoms with Crippen LogP contribution < -0.4 is 0 Å². The van der Waals surface area contributed by atoms with Crippen molar-refractivity contribution in [3.8, 4) is 0 Å². The Morgan fingerprint density at radius 1 is 1.40 bits per heavy atom. The van der Waals surface area contributed by atoms with Crippen LogP contribution in [-0.4, -0.2) is 4.98 Å². The van der Waals surface area contributed by atoms with Crippen molar-refractivity contribution in [2.75, 3.05) is 0 Å². The third-order valence-electron chi connectivity index (χ3n) is 2.29. The largest absolute Gasteiger partial charge is 0.433 e. The summed E-state index contributed by atoms with van der Waals surface area (Å²) in [4.78, 5) is 3.26. The minimum absolute atomic E-state index is 0.0478. The van der Waals surface area contributed by atoms with Crippen molar-refractivity contribution in [3.63, 3.8) is 0 Å². The molecule has 15 heavy (non-hydrogen) atoms. The van der Waals surface area contributed by atoms with Crippen molar-refractivity contribution in [1.82, 2.24) is 4.98 Å². The average molecular weight is 238 g/mol. The second kappa shape index (κ2) is 4.39. The number of rotatable bonds is 2. The zero-order valence-corrected chi connectivity index (χ0v) is 9.15. The molecule has 1 unspecified atom stereocenters. The third-order valence-corrected chi connectivity index (χ3v) is 2.48. The fourth-order valence-electron chi connectivity index (χ4n) is 1.18. The lowest BCUT2D eigenvalue weighted by Crippen LogP contribution is -2.09. The molecule has 0 radical (unpaired) electrons. The Labute approximate surface area is 91.3 Å². The van der Waals surface area contributed by atoms with E-state index in [1.807, 2.05) is 13.8 Å². The summed E-state index contributed by atoms with van der Waals surface area (Å²) in [6.45, 7) is 3.76. The van der Waals surface area contributed by atoms with Crippen LogP contribution in [0.5, 0.6) is 0 Å². The highest BCUT2D eigenvalue weighted by Crippen LogP contribution is 2.31. The van der Waals surface area contributed by atoms with Crippen LogP contribution in [0.2, 0.25) is 5.15 Å². The summed E-state index contributed by atoms with van der Waals surface area (Å²) in [7, 11) is 0. The minimum Gasteiger partial charge on any atom is -0.232 e. The molecule has 0 saturated heterocycles. The lowest BCUT2D eigenvalue weighted by atomic mass is 9.99. The van der Waals surface area contributed by atoms with Crippen LogP contribution in [0.1, 0.15) is 37.4 Å². The maximum absolute atomic E-state index is 12.4. The molecule has 1 atom stereocenters. The number of halogens is 4. The summed E-state index contributed by atoms with van der Waals surface area (Å²) in [5.74, 6) is 0.0478. The predicted octanol–water partition coefficient (Wildman–Crippen LogP) is 4.27. The number of nitrogens with zero attached hydrogens (tertiary/aromatic N) is 1. The second-order valence-electron chi connectivity index (χ2n) is 3.42. The number of pyridine rings is 1. The normalized spacial score (nSPS) is 14.0. The van der Waals surface area contributed by atoms with Gasteiger partial charge in [-0.05, 0) is 30.0 Å². The van der Waals surface area contributed by atoms with Crippen molar-refractivity contribution in [1.29, 1.82) is 0 Å². The standard InChI is InChI=1S/C10H11ClF3N/c1-3-6(2)7-4-8(10(12,13)14)15-9(11)5-7/h4-6H,3H2,1-2H3. The van der Waals surface area contributed by atoms with E-state index in [2.05, 4.69) is 4.98 Å². The van der Waals surface area contributed by atoms with Gasteiger partial charge in [0.2, 0.25) is 0 Å². The molecule has 0 aliphatic heterocycles. The maximum Gasteiger partial charge on any atom is 0.433 e. The fourth-order valence-corrected chi connectivity index (χ4v) is 1.40. The van der Waals surface area contributed by atoms with Gasteiger partial charge in [0.1, 0.15) is 10.8 Å². The molecular weight excluding hydrogens is 227 g/mol. The van der Waals surface area contributed by atoms with Crippen molar-refractivity contribution in [3.05, 3.63) is 28.5 Å². The van der Waals surface area contributed by atoms with Gasteiger partial charge < -0.3 is 0 Å². The molecule has 1 aromatic rings. The number of aromatic nitrogens is 1. The number of alkyl halides is 3. The van der Waals surface area contributed by atoms with E-state index in [1.54, 1.807) is 0 Å². The van der Waals surface area contributed by atoms with E-state index in [4.69, 9.17) is 11.6 Å². The first-order valence-electron chi connectivity index (χ1n) is 4.59. The Bertz CT molecular complexity index is 349. The van der Waals surface area contributed by atoms with Gasteiger partial charge in [0, 0.05) is 0 Å². The van der Waals surface area contributed by atoms with Gasteiger partial charge in [-0.15, -0.1) is 0 Å². The molecule has 5 heteroatoms. The van der Waals surface area contributed by atoms with E-state index in [-0.39, 0.29) is 11.1 Å². The van der Waals surface area contributed by atoms with Gasteiger partial charge in [-0.25, -0.2) is 4.98 Å². The molecular formula is C10H11ClF3N. The lowest BCUT2D eigenvalue weighted by Gasteiger charge is -2.12. The molecule has 1 heterocycles. The van der Waals surface area contributed by atoms with Gasteiger partial charge in [-0.1, -0.05) is 25.4 Å². The summed E-state index contributed by atoms with van der Waals surface area (Å²) in [5.41, 5.74) is -0.352. The molecule has 84 valence electrons. The smallest absolute Gasteiger partial charge is 0.232 e. The Kier molecular flexibility index (Phi) is 3.60. The van der Waals surface area contributed by atoms with E-state index in [0.717, 1.165) is 12.5 Å². The zero-order chi connectivity index (χ0) is 11.6. The van der Waals surface area contributed by atoms with Crippen molar-refractivity contribution >= 4 is 11.6 Å². The van der Waals surface area contributed by atoms with E-state index >= 15 is 0 Å². The molecule has 0 amide bonds. The Hall–Kier alpha value is -0.770. The molecule has 1 rings (SSSR count). The first-order chi connectivity index (χ1) is 6.84. The van der Waals surface area contributed by atoms with Crippen LogP contribution in [-0.2, 0) is 6.18 Å². The van der Waals surface area contributed by atoms with Crippen molar-refractivity contribution in [2.24, 2.45) is 0 Å². The van der Waals surface area contributed by atoms with E-state index < -0.39 is 11.9 Å². The molecule has 0 aromatic carbocycles. The van der Waals surface area contributed by atoms with Gasteiger partial charge in [0.15, 0.2) is 0 Å². The summed E-state index contributed by atoms with van der Waals surface area (Å²) in [6, 6.07) is 2.53. The topological polar surface area (TPSA) is 12.9 Å². The second-order valence-corrected chi connectivity index (χ2v) is 3.80. The first kappa shape index (κ1) is 12.3. The van der Waals surface area contributed by atoms with Gasteiger partial charge in [-0.3, -0.25) is 0 Å². The summed E-state index contributed by atoms with van der Waals surface area (Å²) >= 11 is 5.55. The zero-order valence-electron chi connectivity index (χ0n) is 8.40. The minimum atomic E-state index is -4.44. The first-order valence-corrected chi connectivity index (χ1v) is 4.97. The molecule has 0 aliphatic rings. The Balaban J connectivity index is 3.17. The molecule has 0 saturated carbocycles.